The van der Waals surface area contributed by atoms with Gasteiger partial charge in [-0.25, -0.2) is 0 Å². The van der Waals surface area contributed by atoms with Crippen LogP contribution in [0.2, 0.25) is 0 Å². The molecule has 0 saturated carbocycles. The number of pyridine rings is 1. The molecule has 170 valence electrons. The number of likely N-dealkylation sites (N-methyl/N-ethyl adjacent to an activating group) is 1. The Bertz CT molecular complexity index is 923. The summed E-state index contributed by atoms with van der Waals surface area (Å²) in [5.74, 6) is 0.973. The van der Waals surface area contributed by atoms with Crippen molar-refractivity contribution in [3.63, 3.8) is 0 Å². The van der Waals surface area contributed by atoms with Crippen LogP contribution in [0.4, 0.5) is 0 Å². The minimum Gasteiger partial charge on any atom is -0.492 e. The Labute approximate surface area is 191 Å². The summed E-state index contributed by atoms with van der Waals surface area (Å²) in [6.07, 6.45) is 4.99. The lowest BCUT2D eigenvalue weighted by Gasteiger charge is -2.24. The molecule has 2 aromatic rings. The summed E-state index contributed by atoms with van der Waals surface area (Å²) in [6.45, 7) is 7.32. The van der Waals surface area contributed by atoms with Crippen LogP contribution in [0.25, 0.3) is 0 Å². The molecule has 1 N–H and O–H groups in total. The van der Waals surface area contributed by atoms with E-state index in [0.29, 0.717) is 31.2 Å². The van der Waals surface area contributed by atoms with Gasteiger partial charge in [-0.2, -0.15) is 0 Å². The minimum absolute atomic E-state index is 0. The Balaban J connectivity index is 0.00000341. The molecular formula is C24H34ClN3O3. The maximum Gasteiger partial charge on any atom is 0.263 e. The highest BCUT2D eigenvalue weighted by atomic mass is 35.5. The first-order valence-electron chi connectivity index (χ1n) is 10.9. The molecule has 1 unspecified atom stereocenters. The van der Waals surface area contributed by atoms with E-state index < -0.39 is 0 Å². The number of amides is 1. The van der Waals surface area contributed by atoms with Crippen LogP contribution < -0.4 is 15.6 Å². The van der Waals surface area contributed by atoms with Crippen molar-refractivity contribution in [1.82, 2.24) is 14.8 Å². The lowest BCUT2D eigenvalue weighted by Crippen LogP contribution is -2.39. The van der Waals surface area contributed by atoms with E-state index in [-0.39, 0.29) is 29.4 Å². The molecule has 1 aliphatic rings. The predicted molar refractivity (Wildman–Crippen MR) is 127 cm³/mol. The Kier molecular flexibility index (Phi) is 9.59. The Morgan fingerprint density at radius 1 is 1.32 bits per heavy atom. The first-order chi connectivity index (χ1) is 14.5. The molecule has 0 aliphatic carbocycles. The summed E-state index contributed by atoms with van der Waals surface area (Å²) in [4.78, 5) is 27.6. The van der Waals surface area contributed by atoms with Crippen LogP contribution in [0.3, 0.4) is 0 Å². The van der Waals surface area contributed by atoms with Gasteiger partial charge in [-0.3, -0.25) is 9.59 Å². The van der Waals surface area contributed by atoms with Crippen molar-refractivity contribution >= 4 is 18.3 Å². The van der Waals surface area contributed by atoms with Crippen molar-refractivity contribution < 1.29 is 9.53 Å². The third-order valence-electron chi connectivity index (χ3n) is 5.79. The Hall–Kier alpha value is -2.31. The lowest BCUT2D eigenvalue weighted by atomic mass is 9.99. The quantitative estimate of drug-likeness (QED) is 0.674. The van der Waals surface area contributed by atoms with Crippen molar-refractivity contribution in [1.29, 1.82) is 0 Å². The molecule has 2 heterocycles. The highest BCUT2D eigenvalue weighted by molar-refractivity contribution is 5.95. The second-order valence-corrected chi connectivity index (χ2v) is 8.12. The molecule has 0 bridgehead atoms. The second kappa shape index (κ2) is 11.9. The standard InChI is InChI=1S/C24H33N3O3.ClH/c1-4-19-7-5-9-21(15-19)30-14-13-26(3)23(28)22-18(2)10-12-27(24(22)29)17-20-8-6-11-25-16-20;/h5,7,9-10,12,15,20,25H,4,6,8,11,13-14,16-17H2,1-3H3;1H. The van der Waals surface area contributed by atoms with Crippen molar-refractivity contribution in [2.45, 2.75) is 39.7 Å². The number of nitrogens with one attached hydrogen (secondary N) is 1. The Morgan fingerprint density at radius 3 is 2.84 bits per heavy atom. The van der Waals surface area contributed by atoms with E-state index in [1.807, 2.05) is 37.4 Å². The molecular weight excluding hydrogens is 414 g/mol. The summed E-state index contributed by atoms with van der Waals surface area (Å²) in [7, 11) is 1.72. The summed E-state index contributed by atoms with van der Waals surface area (Å²) in [5, 5.41) is 3.38. The van der Waals surface area contributed by atoms with E-state index in [1.54, 1.807) is 16.5 Å². The normalized spacial score (nSPS) is 15.8. The van der Waals surface area contributed by atoms with Gasteiger partial charge in [-0.05, 0) is 74.5 Å². The van der Waals surface area contributed by atoms with Crippen molar-refractivity contribution in [2.24, 2.45) is 5.92 Å². The summed E-state index contributed by atoms with van der Waals surface area (Å²) in [6, 6.07) is 9.84. The SMILES string of the molecule is CCc1cccc(OCCN(C)C(=O)c2c(C)ccn(CC3CCCNC3)c2=O)c1.Cl. The number of ether oxygens (including phenoxy) is 1. The van der Waals surface area contributed by atoms with Gasteiger partial charge < -0.3 is 19.5 Å². The van der Waals surface area contributed by atoms with Crippen LogP contribution in [-0.2, 0) is 13.0 Å². The molecule has 0 radical (unpaired) electrons. The minimum atomic E-state index is -0.250. The summed E-state index contributed by atoms with van der Waals surface area (Å²) < 4.78 is 7.50. The van der Waals surface area contributed by atoms with Crippen LogP contribution in [-0.4, -0.2) is 48.7 Å². The van der Waals surface area contributed by atoms with E-state index in [4.69, 9.17) is 4.74 Å². The molecule has 1 aromatic heterocycles. The molecule has 7 heteroatoms. The molecule has 1 fully saturated rings. The van der Waals surface area contributed by atoms with Gasteiger partial charge in [-0.1, -0.05) is 19.1 Å². The van der Waals surface area contributed by atoms with E-state index in [9.17, 15) is 9.59 Å². The number of carbonyl (C=O) groups excluding carboxylic acids is 1. The van der Waals surface area contributed by atoms with Gasteiger partial charge in [0, 0.05) is 19.8 Å². The molecule has 6 nitrogen and oxygen atoms in total. The summed E-state index contributed by atoms with van der Waals surface area (Å²) in [5.41, 5.74) is 1.99. The highest BCUT2D eigenvalue weighted by Gasteiger charge is 2.21. The molecule has 3 rings (SSSR count). The number of hydrogen-bond donors (Lipinski definition) is 1. The first-order valence-corrected chi connectivity index (χ1v) is 10.9. The molecule has 1 aromatic carbocycles. The van der Waals surface area contributed by atoms with Gasteiger partial charge in [-0.15, -0.1) is 12.4 Å². The van der Waals surface area contributed by atoms with Crippen LogP contribution >= 0.6 is 12.4 Å². The predicted octanol–water partition coefficient (Wildman–Crippen LogP) is 3.29. The molecule has 0 spiro atoms. The first kappa shape index (κ1) is 25.0. The average molecular weight is 448 g/mol. The van der Waals surface area contributed by atoms with E-state index in [1.165, 1.54) is 5.56 Å². The van der Waals surface area contributed by atoms with Crippen molar-refractivity contribution in [3.8, 4) is 5.75 Å². The number of aromatic nitrogens is 1. The number of nitrogens with zero attached hydrogens (tertiary/aromatic N) is 2. The van der Waals surface area contributed by atoms with Gasteiger partial charge in [0.05, 0.1) is 6.54 Å². The Morgan fingerprint density at radius 2 is 2.13 bits per heavy atom. The van der Waals surface area contributed by atoms with E-state index in [2.05, 4.69) is 18.3 Å². The lowest BCUT2D eigenvalue weighted by molar-refractivity contribution is 0.0770. The number of hydrogen-bond acceptors (Lipinski definition) is 4. The van der Waals surface area contributed by atoms with Crippen LogP contribution in [0.5, 0.6) is 5.75 Å². The fourth-order valence-electron chi connectivity index (χ4n) is 3.88. The maximum absolute atomic E-state index is 13.0. The number of benzene rings is 1. The van der Waals surface area contributed by atoms with Crippen LogP contribution in [0, 0.1) is 12.8 Å². The van der Waals surface area contributed by atoms with Gasteiger partial charge >= 0.3 is 0 Å². The van der Waals surface area contributed by atoms with Crippen LogP contribution in [0.1, 0.15) is 41.3 Å². The number of rotatable bonds is 8. The van der Waals surface area contributed by atoms with Gasteiger partial charge in [0.25, 0.3) is 11.5 Å². The zero-order valence-electron chi connectivity index (χ0n) is 18.7. The number of aryl methyl sites for hydroxylation is 2. The highest BCUT2D eigenvalue weighted by Crippen LogP contribution is 2.15. The van der Waals surface area contributed by atoms with E-state index >= 15 is 0 Å². The molecule has 31 heavy (non-hydrogen) atoms. The smallest absolute Gasteiger partial charge is 0.263 e. The molecule has 1 saturated heterocycles. The topological polar surface area (TPSA) is 63.6 Å². The van der Waals surface area contributed by atoms with Crippen LogP contribution in [0.15, 0.2) is 41.3 Å². The fraction of sp³-hybridized carbons (Fsp3) is 0.500. The zero-order valence-corrected chi connectivity index (χ0v) is 19.5. The monoisotopic (exact) mass is 447 g/mol. The average Bonchev–Trinajstić information content (AvgIpc) is 2.76. The summed E-state index contributed by atoms with van der Waals surface area (Å²) >= 11 is 0. The van der Waals surface area contributed by atoms with Gasteiger partial charge in [0.2, 0.25) is 0 Å². The van der Waals surface area contributed by atoms with Gasteiger partial charge in [0.1, 0.15) is 17.9 Å². The third kappa shape index (κ3) is 6.58. The number of piperidine rings is 1. The molecule has 1 aliphatic heterocycles. The number of carbonyl (C=O) groups is 1. The fourth-order valence-corrected chi connectivity index (χ4v) is 3.88. The second-order valence-electron chi connectivity index (χ2n) is 8.12. The molecule has 1 amide bonds. The zero-order chi connectivity index (χ0) is 21.5. The largest absolute Gasteiger partial charge is 0.492 e. The van der Waals surface area contributed by atoms with Crippen molar-refractivity contribution in [2.75, 3.05) is 33.3 Å². The third-order valence-corrected chi connectivity index (χ3v) is 5.79. The van der Waals surface area contributed by atoms with Crippen molar-refractivity contribution in [3.05, 3.63) is 63.6 Å². The van der Waals surface area contributed by atoms with Gasteiger partial charge in [0.15, 0.2) is 0 Å². The number of halogens is 1. The van der Waals surface area contributed by atoms with E-state index in [0.717, 1.165) is 38.1 Å². The molecule has 1 atom stereocenters. The maximum atomic E-state index is 13.0.